The van der Waals surface area contributed by atoms with Crippen LogP contribution in [0.3, 0.4) is 0 Å². The molecule has 3 heterocycles. The van der Waals surface area contributed by atoms with Gasteiger partial charge in [0.2, 0.25) is 5.91 Å². The predicted octanol–water partition coefficient (Wildman–Crippen LogP) is 0.464. The molecule has 3 aliphatic rings. The van der Waals surface area contributed by atoms with Gasteiger partial charge >= 0.3 is 0 Å². The lowest BCUT2D eigenvalue weighted by atomic mass is 10.1. The van der Waals surface area contributed by atoms with E-state index < -0.39 is 0 Å². The van der Waals surface area contributed by atoms with E-state index in [0.29, 0.717) is 11.8 Å². The molecule has 0 aromatic carbocycles. The quantitative estimate of drug-likeness (QED) is 0.463. The van der Waals surface area contributed by atoms with Crippen LogP contribution in [0.5, 0.6) is 0 Å². The Balaban J connectivity index is 1.37. The molecule has 8 nitrogen and oxygen atoms in total. The molecular formula is C23H45N7O. The Morgan fingerprint density at radius 3 is 2.06 bits per heavy atom. The number of nitrogens with one attached hydrogen (secondary N) is 1. The minimum Gasteiger partial charge on any atom is -0.356 e. The maximum atomic E-state index is 12.7. The molecule has 0 aromatic heterocycles. The average molecular weight is 436 g/mol. The van der Waals surface area contributed by atoms with Crippen molar-refractivity contribution in [2.45, 2.75) is 39.7 Å². The Kier molecular flexibility index (Phi) is 9.41. The van der Waals surface area contributed by atoms with E-state index in [2.05, 4.69) is 50.7 Å². The highest BCUT2D eigenvalue weighted by atomic mass is 16.2. The van der Waals surface area contributed by atoms with E-state index in [0.717, 1.165) is 71.2 Å². The van der Waals surface area contributed by atoms with Crippen molar-refractivity contribution in [3.63, 3.8) is 0 Å². The van der Waals surface area contributed by atoms with Crippen LogP contribution < -0.4 is 5.32 Å². The van der Waals surface area contributed by atoms with Gasteiger partial charge in [-0.1, -0.05) is 13.8 Å². The van der Waals surface area contributed by atoms with Crippen LogP contribution in [0, 0.1) is 5.92 Å². The van der Waals surface area contributed by atoms with Gasteiger partial charge in [0.1, 0.15) is 0 Å². The smallest absolute Gasteiger partial charge is 0.239 e. The normalized spacial score (nSPS) is 24.5. The van der Waals surface area contributed by atoms with Crippen molar-refractivity contribution < 1.29 is 4.79 Å². The number of likely N-dealkylation sites (N-methyl/N-ethyl adjacent to an activating group) is 1. The minimum absolute atomic E-state index is 0.0107. The molecule has 178 valence electrons. The fraction of sp³-hybridized carbons (Fsp3) is 0.913. The predicted molar refractivity (Wildman–Crippen MR) is 128 cm³/mol. The molecule has 3 aliphatic heterocycles. The Morgan fingerprint density at radius 2 is 1.48 bits per heavy atom. The van der Waals surface area contributed by atoms with Gasteiger partial charge in [-0.2, -0.15) is 0 Å². The van der Waals surface area contributed by atoms with E-state index >= 15 is 0 Å². The Hall–Kier alpha value is -1.38. The summed E-state index contributed by atoms with van der Waals surface area (Å²) in [6.07, 6.45) is 2.31. The van der Waals surface area contributed by atoms with Gasteiger partial charge in [0.15, 0.2) is 5.96 Å². The molecule has 31 heavy (non-hydrogen) atoms. The Morgan fingerprint density at radius 1 is 0.871 bits per heavy atom. The van der Waals surface area contributed by atoms with Gasteiger partial charge < -0.3 is 24.9 Å². The molecule has 2 unspecified atom stereocenters. The van der Waals surface area contributed by atoms with Crippen LogP contribution in [0.15, 0.2) is 4.99 Å². The van der Waals surface area contributed by atoms with Crippen LogP contribution in [0.25, 0.3) is 0 Å². The number of guanidine groups is 1. The molecule has 3 saturated heterocycles. The molecule has 0 saturated carbocycles. The van der Waals surface area contributed by atoms with Crippen molar-refractivity contribution in [1.29, 1.82) is 0 Å². The number of piperazine rings is 2. The monoisotopic (exact) mass is 435 g/mol. The second kappa shape index (κ2) is 12.0. The van der Waals surface area contributed by atoms with Crippen LogP contribution in [0.1, 0.15) is 33.6 Å². The SMILES string of the molecule is CCN1CCN(CC(C)CNC(=NC)N2CCN(C(C)C(=O)N3CCCC3)CC2)CC1. The third-order valence-electron chi connectivity index (χ3n) is 7.24. The molecule has 0 spiro atoms. The van der Waals surface area contributed by atoms with Crippen molar-refractivity contribution in [2.24, 2.45) is 10.9 Å². The highest BCUT2D eigenvalue weighted by Crippen LogP contribution is 2.14. The molecule has 0 aliphatic carbocycles. The first kappa shape index (κ1) is 24.3. The van der Waals surface area contributed by atoms with E-state index in [1.54, 1.807) is 0 Å². The topological polar surface area (TPSA) is 57.7 Å². The van der Waals surface area contributed by atoms with Crippen molar-refractivity contribution in [1.82, 2.24) is 29.8 Å². The van der Waals surface area contributed by atoms with E-state index in [9.17, 15) is 4.79 Å². The summed E-state index contributed by atoms with van der Waals surface area (Å²) in [5, 5.41) is 3.61. The van der Waals surface area contributed by atoms with Gasteiger partial charge in [0, 0.05) is 85.6 Å². The third kappa shape index (κ3) is 6.80. The number of rotatable bonds is 7. The second-order valence-electron chi connectivity index (χ2n) is 9.50. The minimum atomic E-state index is -0.0107. The van der Waals surface area contributed by atoms with Crippen molar-refractivity contribution in [3.8, 4) is 0 Å². The Bertz CT molecular complexity index is 576. The number of carbonyl (C=O) groups is 1. The lowest BCUT2D eigenvalue weighted by Crippen LogP contribution is -2.57. The maximum absolute atomic E-state index is 12.7. The number of nitrogens with zero attached hydrogens (tertiary/aromatic N) is 6. The molecular weight excluding hydrogens is 390 g/mol. The highest BCUT2D eigenvalue weighted by Gasteiger charge is 2.30. The van der Waals surface area contributed by atoms with Crippen LogP contribution in [-0.4, -0.2) is 135 Å². The second-order valence-corrected chi connectivity index (χ2v) is 9.50. The van der Waals surface area contributed by atoms with E-state index in [1.807, 2.05) is 11.9 Å². The van der Waals surface area contributed by atoms with Gasteiger partial charge in [0.05, 0.1) is 6.04 Å². The third-order valence-corrected chi connectivity index (χ3v) is 7.24. The zero-order chi connectivity index (χ0) is 22.2. The zero-order valence-corrected chi connectivity index (χ0v) is 20.4. The first-order valence-electron chi connectivity index (χ1n) is 12.4. The lowest BCUT2D eigenvalue weighted by molar-refractivity contribution is -0.135. The number of amides is 1. The fourth-order valence-corrected chi connectivity index (χ4v) is 5.07. The standard InChI is InChI=1S/C23H45N7O/c1-5-26-10-12-27(13-11-26)19-20(2)18-25-23(24-4)30-16-14-28(15-17-30)21(3)22(31)29-8-6-7-9-29/h20-21H,5-19H2,1-4H3,(H,24,25). The fourth-order valence-electron chi connectivity index (χ4n) is 5.07. The molecule has 3 fully saturated rings. The van der Waals surface area contributed by atoms with E-state index in [1.165, 1.54) is 32.7 Å². The summed E-state index contributed by atoms with van der Waals surface area (Å²) >= 11 is 0. The van der Waals surface area contributed by atoms with E-state index in [4.69, 9.17) is 0 Å². The van der Waals surface area contributed by atoms with Gasteiger partial charge in [-0.3, -0.25) is 14.7 Å². The summed E-state index contributed by atoms with van der Waals surface area (Å²) in [7, 11) is 1.88. The molecule has 1 amide bonds. The van der Waals surface area contributed by atoms with Gasteiger partial charge in [-0.15, -0.1) is 0 Å². The lowest BCUT2D eigenvalue weighted by Gasteiger charge is -2.40. The van der Waals surface area contributed by atoms with Crippen molar-refractivity contribution in [2.75, 3.05) is 92.1 Å². The summed E-state index contributed by atoms with van der Waals surface area (Å²) in [5.74, 6) is 1.90. The zero-order valence-electron chi connectivity index (χ0n) is 20.4. The largest absolute Gasteiger partial charge is 0.356 e. The van der Waals surface area contributed by atoms with Crippen LogP contribution in [0.4, 0.5) is 0 Å². The Labute approximate surface area is 189 Å². The van der Waals surface area contributed by atoms with Gasteiger partial charge in [0.25, 0.3) is 0 Å². The van der Waals surface area contributed by atoms with Crippen molar-refractivity contribution in [3.05, 3.63) is 0 Å². The van der Waals surface area contributed by atoms with Crippen molar-refractivity contribution >= 4 is 11.9 Å². The van der Waals surface area contributed by atoms with Gasteiger partial charge in [-0.25, -0.2) is 0 Å². The first-order valence-corrected chi connectivity index (χ1v) is 12.4. The first-order chi connectivity index (χ1) is 15.0. The van der Waals surface area contributed by atoms with Crippen LogP contribution >= 0.6 is 0 Å². The van der Waals surface area contributed by atoms with Gasteiger partial charge in [-0.05, 0) is 32.2 Å². The van der Waals surface area contributed by atoms with E-state index in [-0.39, 0.29) is 6.04 Å². The summed E-state index contributed by atoms with van der Waals surface area (Å²) in [6, 6.07) is -0.0107. The number of likely N-dealkylation sites (tertiary alicyclic amines) is 1. The molecule has 0 radical (unpaired) electrons. The molecule has 2 atom stereocenters. The summed E-state index contributed by atoms with van der Waals surface area (Å²) < 4.78 is 0. The number of hydrogen-bond acceptors (Lipinski definition) is 5. The molecule has 8 heteroatoms. The number of aliphatic imine (C=N–C) groups is 1. The molecule has 0 aromatic rings. The summed E-state index contributed by atoms with van der Waals surface area (Å²) in [5.41, 5.74) is 0. The molecule has 3 rings (SSSR count). The maximum Gasteiger partial charge on any atom is 0.239 e. The highest BCUT2D eigenvalue weighted by molar-refractivity contribution is 5.82. The average Bonchev–Trinajstić information content (AvgIpc) is 3.34. The number of carbonyl (C=O) groups excluding carboxylic acids is 1. The molecule has 1 N–H and O–H groups in total. The molecule has 0 bridgehead atoms. The van der Waals surface area contributed by atoms with Crippen LogP contribution in [-0.2, 0) is 4.79 Å². The van der Waals surface area contributed by atoms with Crippen LogP contribution in [0.2, 0.25) is 0 Å². The summed E-state index contributed by atoms with van der Waals surface area (Å²) in [6.45, 7) is 20.2. The summed E-state index contributed by atoms with van der Waals surface area (Å²) in [4.78, 5) is 29.1. The number of hydrogen-bond donors (Lipinski definition) is 1.